The number of nitrogens with zero attached hydrogens (tertiary/aromatic N) is 5. The Morgan fingerprint density at radius 2 is 1.98 bits per heavy atom. The van der Waals surface area contributed by atoms with Gasteiger partial charge < -0.3 is 33.5 Å². The first kappa shape index (κ1) is 29.7. The zero-order valence-corrected chi connectivity index (χ0v) is 25.5. The fourth-order valence-electron chi connectivity index (χ4n) is 6.32. The zero-order chi connectivity index (χ0) is 31.1. The molecule has 0 aliphatic carbocycles. The minimum atomic E-state index is -1.02. The number of hydrogen-bond acceptors (Lipinski definition) is 9. The van der Waals surface area contributed by atoms with Crippen LogP contribution in [0.15, 0.2) is 48.5 Å². The summed E-state index contributed by atoms with van der Waals surface area (Å²) >= 11 is 5.88. The molecular formula is C32H33ClFN5O6. The maximum absolute atomic E-state index is 14.3. The van der Waals surface area contributed by atoms with Crippen molar-refractivity contribution < 1.29 is 33.2 Å². The summed E-state index contributed by atoms with van der Waals surface area (Å²) in [6.45, 7) is 4.43. The number of halogens is 2. The van der Waals surface area contributed by atoms with Gasteiger partial charge in [-0.3, -0.25) is 4.90 Å². The number of fused-ring (bicyclic) bond motifs is 2. The average Bonchev–Trinajstić information content (AvgIpc) is 3.64. The van der Waals surface area contributed by atoms with Crippen molar-refractivity contribution >= 4 is 34.4 Å². The van der Waals surface area contributed by atoms with Gasteiger partial charge in [-0.05, 0) is 36.8 Å². The molecule has 0 spiro atoms. The van der Waals surface area contributed by atoms with Crippen LogP contribution in [0.4, 0.5) is 10.2 Å². The first-order valence-corrected chi connectivity index (χ1v) is 15.3. The van der Waals surface area contributed by atoms with Gasteiger partial charge in [-0.15, -0.1) is 0 Å². The fraction of sp³-hybridized carbons (Fsp3) is 0.406. The number of carboxylic acid groups (broad SMARTS) is 1. The van der Waals surface area contributed by atoms with Gasteiger partial charge in [0.25, 0.3) is 0 Å². The predicted molar refractivity (Wildman–Crippen MR) is 164 cm³/mol. The Balaban J connectivity index is 1.12. The van der Waals surface area contributed by atoms with Gasteiger partial charge in [0.15, 0.2) is 0 Å². The Hall–Kier alpha value is -3.97. The molecule has 4 aromatic rings. The van der Waals surface area contributed by atoms with Crippen LogP contribution in [-0.4, -0.2) is 88.7 Å². The van der Waals surface area contributed by atoms with Gasteiger partial charge in [-0.25, -0.2) is 14.2 Å². The van der Waals surface area contributed by atoms with Crippen LogP contribution in [0, 0.1) is 5.82 Å². The molecule has 3 fully saturated rings. The van der Waals surface area contributed by atoms with Crippen LogP contribution in [0.5, 0.6) is 11.6 Å². The predicted octanol–water partition coefficient (Wildman–Crippen LogP) is 4.39. The second-order valence-corrected chi connectivity index (χ2v) is 11.9. The lowest BCUT2D eigenvalue weighted by Gasteiger charge is -2.44. The number of ether oxygens (including phenoxy) is 4. The number of piperazine rings is 1. The Labute approximate surface area is 264 Å². The average molecular weight is 638 g/mol. The van der Waals surface area contributed by atoms with E-state index in [-0.39, 0.29) is 30.4 Å². The summed E-state index contributed by atoms with van der Waals surface area (Å²) in [6.07, 6.45) is 0.994. The molecule has 7 rings (SSSR count). The van der Waals surface area contributed by atoms with E-state index in [0.29, 0.717) is 60.6 Å². The van der Waals surface area contributed by atoms with E-state index in [4.69, 9.17) is 40.5 Å². The van der Waals surface area contributed by atoms with Gasteiger partial charge in [-0.2, -0.15) is 4.98 Å². The third-order valence-corrected chi connectivity index (χ3v) is 9.04. The van der Waals surface area contributed by atoms with E-state index >= 15 is 0 Å². The van der Waals surface area contributed by atoms with Crippen molar-refractivity contribution in [1.29, 1.82) is 0 Å². The van der Waals surface area contributed by atoms with Crippen molar-refractivity contribution in [3.8, 4) is 11.6 Å². The first-order chi connectivity index (χ1) is 21.9. The highest BCUT2D eigenvalue weighted by Gasteiger charge is 2.42. The van der Waals surface area contributed by atoms with Crippen LogP contribution < -0.4 is 14.4 Å². The summed E-state index contributed by atoms with van der Waals surface area (Å²) in [7, 11) is 1.53. The SMILES string of the molecule is COc1cc(C(=O)O)cc2c1nc(CN1CCN(c3cccc(OCc4ccc(Cl)cc4F)n3)[C@@H]3COC[C@@H]31)n2C[C@@H]1CCO1. The summed E-state index contributed by atoms with van der Waals surface area (Å²) in [4.78, 5) is 26.2. The third kappa shape index (κ3) is 5.90. The molecule has 13 heteroatoms. The molecule has 2 aromatic heterocycles. The number of pyridine rings is 1. The van der Waals surface area contributed by atoms with Crippen LogP contribution >= 0.6 is 11.6 Å². The van der Waals surface area contributed by atoms with Crippen molar-refractivity contribution in [1.82, 2.24) is 19.4 Å². The van der Waals surface area contributed by atoms with Crippen molar-refractivity contribution in [2.75, 3.05) is 44.9 Å². The van der Waals surface area contributed by atoms with Crippen LogP contribution in [0.2, 0.25) is 5.02 Å². The van der Waals surface area contributed by atoms with E-state index in [1.807, 2.05) is 12.1 Å². The molecule has 3 aliphatic rings. The maximum atomic E-state index is 14.3. The Kier molecular flexibility index (Phi) is 8.21. The number of aromatic nitrogens is 3. The molecule has 0 saturated carbocycles. The number of carboxylic acids is 1. The fourth-order valence-corrected chi connectivity index (χ4v) is 6.48. The summed E-state index contributed by atoms with van der Waals surface area (Å²) in [6, 6.07) is 13.4. The molecule has 5 heterocycles. The lowest BCUT2D eigenvalue weighted by atomic mass is 10.0. The van der Waals surface area contributed by atoms with Gasteiger partial charge in [-0.1, -0.05) is 23.7 Å². The molecule has 0 unspecified atom stereocenters. The lowest BCUT2D eigenvalue weighted by Crippen LogP contribution is -2.59. The molecule has 0 radical (unpaired) electrons. The Bertz CT molecular complexity index is 1730. The molecule has 236 valence electrons. The summed E-state index contributed by atoms with van der Waals surface area (Å²) in [5, 5.41) is 10.1. The van der Waals surface area contributed by atoms with Gasteiger partial charge in [0.05, 0.1) is 62.7 Å². The molecule has 3 saturated heterocycles. The molecule has 2 aromatic carbocycles. The number of carbonyl (C=O) groups is 1. The van der Waals surface area contributed by atoms with Crippen LogP contribution in [-0.2, 0) is 29.2 Å². The van der Waals surface area contributed by atoms with Gasteiger partial charge in [0.2, 0.25) is 5.88 Å². The first-order valence-electron chi connectivity index (χ1n) is 14.9. The van der Waals surface area contributed by atoms with Crippen LogP contribution in [0.3, 0.4) is 0 Å². The Morgan fingerprint density at radius 3 is 2.73 bits per heavy atom. The zero-order valence-electron chi connectivity index (χ0n) is 24.7. The summed E-state index contributed by atoms with van der Waals surface area (Å²) in [5.74, 6) is 0.981. The summed E-state index contributed by atoms with van der Waals surface area (Å²) in [5.41, 5.74) is 1.90. The molecule has 3 aliphatic heterocycles. The van der Waals surface area contributed by atoms with Crippen molar-refractivity contribution in [3.05, 3.63) is 76.3 Å². The summed E-state index contributed by atoms with van der Waals surface area (Å²) < 4.78 is 39.5. The number of imidazole rings is 1. The number of methoxy groups -OCH3 is 1. The van der Waals surface area contributed by atoms with Crippen LogP contribution in [0.1, 0.15) is 28.2 Å². The second-order valence-electron chi connectivity index (χ2n) is 11.5. The van der Waals surface area contributed by atoms with Crippen LogP contribution in [0.25, 0.3) is 11.0 Å². The topological polar surface area (TPSA) is 111 Å². The van der Waals surface area contributed by atoms with E-state index < -0.39 is 11.8 Å². The van der Waals surface area contributed by atoms with E-state index in [1.165, 1.54) is 19.2 Å². The van der Waals surface area contributed by atoms with E-state index in [9.17, 15) is 14.3 Å². The molecule has 3 atom stereocenters. The van der Waals surface area contributed by atoms with Gasteiger partial charge in [0, 0.05) is 36.3 Å². The highest BCUT2D eigenvalue weighted by Crippen LogP contribution is 2.33. The number of benzene rings is 2. The number of aromatic carboxylic acids is 1. The number of hydrogen-bond donors (Lipinski definition) is 1. The normalized spacial score (nSPS) is 21.5. The molecule has 0 amide bonds. The Morgan fingerprint density at radius 1 is 1.13 bits per heavy atom. The minimum absolute atomic E-state index is 0.0358. The van der Waals surface area contributed by atoms with Gasteiger partial charge >= 0.3 is 5.97 Å². The van der Waals surface area contributed by atoms with Crippen molar-refractivity contribution in [2.45, 2.75) is 44.3 Å². The standard InChI is InChI=1S/C32H33ClFN5O6/c1-42-27-12-20(32(40)41)11-24-31(27)36-29(39(24)14-22-7-10-44-22)15-37-8-9-38(26-18-43-17-25(26)37)28-3-2-4-30(35-28)45-16-19-5-6-21(33)13-23(19)34/h2-6,11-13,22,25-26H,7-10,14-18H2,1H3,(H,40,41)/t22-,25-,26+/m0/s1. The molecule has 0 bridgehead atoms. The second kappa shape index (κ2) is 12.4. The third-order valence-electron chi connectivity index (χ3n) is 8.80. The minimum Gasteiger partial charge on any atom is -0.494 e. The van der Waals surface area contributed by atoms with Crippen molar-refractivity contribution in [3.63, 3.8) is 0 Å². The molecule has 45 heavy (non-hydrogen) atoms. The molecule has 11 nitrogen and oxygen atoms in total. The van der Waals surface area contributed by atoms with Crippen molar-refractivity contribution in [2.24, 2.45) is 0 Å². The highest BCUT2D eigenvalue weighted by atomic mass is 35.5. The highest BCUT2D eigenvalue weighted by molar-refractivity contribution is 6.30. The molecule has 1 N–H and O–H groups in total. The maximum Gasteiger partial charge on any atom is 0.335 e. The van der Waals surface area contributed by atoms with E-state index in [1.54, 1.807) is 24.3 Å². The number of anilines is 1. The smallest absolute Gasteiger partial charge is 0.335 e. The lowest BCUT2D eigenvalue weighted by molar-refractivity contribution is -0.0592. The largest absolute Gasteiger partial charge is 0.494 e. The molecular weight excluding hydrogens is 605 g/mol. The number of rotatable bonds is 10. The monoisotopic (exact) mass is 637 g/mol. The van der Waals surface area contributed by atoms with E-state index in [0.717, 1.165) is 36.7 Å². The van der Waals surface area contributed by atoms with Gasteiger partial charge in [0.1, 0.15) is 35.3 Å². The van der Waals surface area contributed by atoms with E-state index in [2.05, 4.69) is 14.4 Å². The quantitative estimate of drug-likeness (QED) is 0.269.